The Bertz CT molecular complexity index is 343. The van der Waals surface area contributed by atoms with Gasteiger partial charge in [0.2, 0.25) is 0 Å². The fourth-order valence-corrected chi connectivity index (χ4v) is 3.15. The molecule has 0 N–H and O–H groups in total. The van der Waals surface area contributed by atoms with Crippen LogP contribution in [0.15, 0.2) is 24.3 Å². The summed E-state index contributed by atoms with van der Waals surface area (Å²) in [6.45, 7) is 0. The molecule has 0 heterocycles. The van der Waals surface area contributed by atoms with Gasteiger partial charge in [0, 0.05) is 11.8 Å². The summed E-state index contributed by atoms with van der Waals surface area (Å²) in [6.07, 6.45) is 1.06. The van der Waals surface area contributed by atoms with Crippen LogP contribution in [-0.2, 0) is 6.42 Å². The van der Waals surface area contributed by atoms with Gasteiger partial charge in [-0.1, -0.05) is 24.3 Å². The zero-order valence-corrected chi connectivity index (χ0v) is 7.94. The highest BCUT2D eigenvalue weighted by molar-refractivity contribution is 6.52. The number of halogens is 2. The van der Waals surface area contributed by atoms with Gasteiger partial charge in [0.15, 0.2) is 0 Å². The molecule has 2 aliphatic carbocycles. The smallest absolute Gasteiger partial charge is 0.101 e. The molecule has 0 spiro atoms. The molecule has 0 saturated heterocycles. The van der Waals surface area contributed by atoms with Crippen LogP contribution >= 0.6 is 23.2 Å². The maximum atomic E-state index is 6.10. The Morgan fingerprint density at radius 2 is 2.00 bits per heavy atom. The fourth-order valence-electron chi connectivity index (χ4n) is 2.33. The molecule has 0 aromatic heterocycles. The van der Waals surface area contributed by atoms with Crippen molar-refractivity contribution in [3.8, 4) is 0 Å². The third-order valence-electron chi connectivity index (χ3n) is 3.03. The summed E-state index contributed by atoms with van der Waals surface area (Å²) in [5, 5.41) is 0. The summed E-state index contributed by atoms with van der Waals surface area (Å²) >= 11 is 12.2. The lowest BCUT2D eigenvalue weighted by molar-refractivity contribution is 0.843. The number of alkyl halides is 2. The van der Waals surface area contributed by atoms with Gasteiger partial charge < -0.3 is 0 Å². The highest BCUT2D eigenvalue weighted by atomic mass is 35.5. The van der Waals surface area contributed by atoms with Gasteiger partial charge in [-0.2, -0.15) is 0 Å². The average Bonchev–Trinajstić information content (AvgIpc) is 2.46. The number of fused-ring (bicyclic) bond motifs is 3. The normalized spacial score (nSPS) is 34.2. The van der Waals surface area contributed by atoms with Crippen molar-refractivity contribution >= 4 is 23.2 Å². The van der Waals surface area contributed by atoms with Crippen LogP contribution in [0.3, 0.4) is 0 Å². The van der Waals surface area contributed by atoms with Gasteiger partial charge >= 0.3 is 0 Å². The lowest BCUT2D eigenvalue weighted by Gasteiger charge is -2.06. The first-order valence-corrected chi connectivity index (χ1v) is 4.92. The zero-order chi connectivity index (χ0) is 8.34. The van der Waals surface area contributed by atoms with E-state index in [9.17, 15) is 0 Å². The molecule has 1 aromatic rings. The van der Waals surface area contributed by atoms with Crippen LogP contribution < -0.4 is 0 Å². The van der Waals surface area contributed by atoms with Crippen molar-refractivity contribution in [1.82, 2.24) is 0 Å². The predicted molar refractivity (Wildman–Crippen MR) is 50.8 cm³/mol. The summed E-state index contributed by atoms with van der Waals surface area (Å²) in [5.41, 5.74) is 2.80. The minimum Gasteiger partial charge on any atom is -0.101 e. The van der Waals surface area contributed by atoms with E-state index < -0.39 is 4.33 Å². The van der Waals surface area contributed by atoms with Crippen molar-refractivity contribution in [1.29, 1.82) is 0 Å². The molecule has 0 aliphatic heterocycles. The van der Waals surface area contributed by atoms with Gasteiger partial charge in [-0.25, -0.2) is 0 Å². The molecule has 2 aliphatic rings. The fraction of sp³-hybridized carbons (Fsp3) is 0.400. The van der Waals surface area contributed by atoms with E-state index in [2.05, 4.69) is 24.3 Å². The minimum atomic E-state index is -0.450. The van der Waals surface area contributed by atoms with E-state index in [4.69, 9.17) is 23.2 Å². The molecular formula is C10H8Cl2. The van der Waals surface area contributed by atoms with Crippen LogP contribution in [0.5, 0.6) is 0 Å². The molecule has 0 bridgehead atoms. The van der Waals surface area contributed by atoms with E-state index in [0.717, 1.165) is 6.42 Å². The topological polar surface area (TPSA) is 0 Å². The second-order valence-electron chi connectivity index (χ2n) is 3.66. The van der Waals surface area contributed by atoms with Crippen molar-refractivity contribution in [2.45, 2.75) is 16.7 Å². The van der Waals surface area contributed by atoms with Crippen molar-refractivity contribution in [2.24, 2.45) is 5.92 Å². The second-order valence-corrected chi connectivity index (χ2v) is 5.11. The Morgan fingerprint density at radius 3 is 2.83 bits per heavy atom. The van der Waals surface area contributed by atoms with Gasteiger partial charge in [0.1, 0.15) is 4.33 Å². The molecule has 2 heteroatoms. The molecular weight excluding hydrogens is 191 g/mol. The van der Waals surface area contributed by atoms with Crippen LogP contribution in [0.4, 0.5) is 0 Å². The number of benzene rings is 1. The van der Waals surface area contributed by atoms with Crippen molar-refractivity contribution in [3.63, 3.8) is 0 Å². The zero-order valence-electron chi connectivity index (χ0n) is 6.43. The quantitative estimate of drug-likeness (QED) is 0.563. The van der Waals surface area contributed by atoms with E-state index in [1.807, 2.05) is 0 Å². The minimum absolute atomic E-state index is 0.414. The molecule has 2 atom stereocenters. The maximum Gasteiger partial charge on any atom is 0.129 e. The van der Waals surface area contributed by atoms with Crippen LogP contribution in [-0.4, -0.2) is 4.33 Å². The molecule has 12 heavy (non-hydrogen) atoms. The largest absolute Gasteiger partial charge is 0.129 e. The van der Waals surface area contributed by atoms with E-state index in [-0.39, 0.29) is 0 Å². The second kappa shape index (κ2) is 2.00. The molecule has 2 unspecified atom stereocenters. The van der Waals surface area contributed by atoms with Gasteiger partial charge in [0.25, 0.3) is 0 Å². The lowest BCUT2D eigenvalue weighted by Crippen LogP contribution is -1.99. The maximum absolute atomic E-state index is 6.10. The van der Waals surface area contributed by atoms with Gasteiger partial charge in [-0.3, -0.25) is 0 Å². The first-order chi connectivity index (χ1) is 5.71. The Hall–Kier alpha value is -0.200. The Labute approximate surface area is 81.5 Å². The van der Waals surface area contributed by atoms with Crippen molar-refractivity contribution in [2.75, 3.05) is 0 Å². The van der Waals surface area contributed by atoms with Crippen LogP contribution in [0.25, 0.3) is 0 Å². The third-order valence-corrected chi connectivity index (χ3v) is 4.06. The highest BCUT2D eigenvalue weighted by Gasteiger charge is 2.66. The first-order valence-electron chi connectivity index (χ1n) is 4.17. The summed E-state index contributed by atoms with van der Waals surface area (Å²) in [6, 6.07) is 8.45. The van der Waals surface area contributed by atoms with Crippen LogP contribution in [0, 0.1) is 5.92 Å². The first kappa shape index (κ1) is 7.23. The Kier molecular flexibility index (Phi) is 1.20. The van der Waals surface area contributed by atoms with Gasteiger partial charge in [-0.15, -0.1) is 23.2 Å². The number of hydrogen-bond acceptors (Lipinski definition) is 0. The van der Waals surface area contributed by atoms with Crippen molar-refractivity contribution in [3.05, 3.63) is 35.4 Å². The van der Waals surface area contributed by atoms with Crippen LogP contribution in [0.2, 0.25) is 0 Å². The van der Waals surface area contributed by atoms with E-state index in [1.165, 1.54) is 11.1 Å². The molecule has 0 amide bonds. The summed E-state index contributed by atoms with van der Waals surface area (Å²) in [4.78, 5) is 0. The summed E-state index contributed by atoms with van der Waals surface area (Å²) in [5.74, 6) is 0.898. The highest BCUT2D eigenvalue weighted by Crippen LogP contribution is 2.70. The van der Waals surface area contributed by atoms with E-state index in [0.29, 0.717) is 11.8 Å². The molecule has 1 aromatic carbocycles. The summed E-state index contributed by atoms with van der Waals surface area (Å²) < 4.78 is -0.450. The number of hydrogen-bond donors (Lipinski definition) is 0. The molecule has 62 valence electrons. The Morgan fingerprint density at radius 1 is 1.25 bits per heavy atom. The standard InChI is InChI=1S/C10H8Cl2/c11-10(12)8-5-6-3-1-2-4-7(6)9(8)10/h1-4,8-9H,5H2. The van der Waals surface area contributed by atoms with Crippen molar-refractivity contribution < 1.29 is 0 Å². The lowest BCUT2D eigenvalue weighted by atomic mass is 10.1. The molecule has 3 rings (SSSR count). The number of rotatable bonds is 0. The van der Waals surface area contributed by atoms with Crippen LogP contribution in [0.1, 0.15) is 17.0 Å². The monoisotopic (exact) mass is 198 g/mol. The Balaban J connectivity index is 2.11. The van der Waals surface area contributed by atoms with Gasteiger partial charge in [-0.05, 0) is 17.5 Å². The average molecular weight is 199 g/mol. The van der Waals surface area contributed by atoms with Gasteiger partial charge in [0.05, 0.1) is 0 Å². The predicted octanol–water partition coefficient (Wildman–Crippen LogP) is 3.13. The van der Waals surface area contributed by atoms with E-state index in [1.54, 1.807) is 0 Å². The molecule has 0 nitrogen and oxygen atoms in total. The SMILES string of the molecule is ClC1(Cl)C2Cc3ccccc3C21. The summed E-state index contributed by atoms with van der Waals surface area (Å²) in [7, 11) is 0. The molecule has 1 saturated carbocycles. The molecule has 1 fully saturated rings. The molecule has 0 radical (unpaired) electrons. The third kappa shape index (κ3) is 0.705. The van der Waals surface area contributed by atoms with E-state index >= 15 is 0 Å².